The van der Waals surface area contributed by atoms with E-state index in [-0.39, 0.29) is 12.4 Å². The van der Waals surface area contributed by atoms with Crippen molar-refractivity contribution in [1.29, 1.82) is 0 Å². The summed E-state index contributed by atoms with van der Waals surface area (Å²) in [7, 11) is 0. The molecule has 0 aliphatic heterocycles. The van der Waals surface area contributed by atoms with Crippen molar-refractivity contribution in [3.05, 3.63) is 51.5 Å². The first-order valence-corrected chi connectivity index (χ1v) is 9.14. The van der Waals surface area contributed by atoms with Gasteiger partial charge in [-0.3, -0.25) is 0 Å². The number of esters is 1. The summed E-state index contributed by atoms with van der Waals surface area (Å²) in [5, 5.41) is 5.36. The standard InChI is InChI=1S/C16H14Cl2N4O2S/c1-9-7-10(2)22-16(19-9)20-14(21-22)15(23)24-5-6-25-13-8-11(17)3-4-12(13)18/h3-4,7-8H,5-6H2,1-2H3. The third kappa shape index (κ3) is 4.23. The van der Waals surface area contributed by atoms with Gasteiger partial charge in [0.1, 0.15) is 6.61 Å². The average molecular weight is 397 g/mol. The molecule has 0 aliphatic rings. The topological polar surface area (TPSA) is 69.4 Å². The highest BCUT2D eigenvalue weighted by molar-refractivity contribution is 7.99. The summed E-state index contributed by atoms with van der Waals surface area (Å²) in [6, 6.07) is 7.09. The first-order chi connectivity index (χ1) is 11.9. The molecule has 0 amide bonds. The van der Waals surface area contributed by atoms with Crippen molar-refractivity contribution in [3.63, 3.8) is 0 Å². The van der Waals surface area contributed by atoms with Crippen molar-refractivity contribution in [2.75, 3.05) is 12.4 Å². The molecule has 0 radical (unpaired) electrons. The molecule has 1 aromatic carbocycles. The lowest BCUT2D eigenvalue weighted by Crippen LogP contribution is -2.10. The van der Waals surface area contributed by atoms with Crippen LogP contribution in [-0.2, 0) is 4.74 Å². The molecule has 3 rings (SSSR count). The number of benzene rings is 1. The van der Waals surface area contributed by atoms with Gasteiger partial charge < -0.3 is 4.74 Å². The van der Waals surface area contributed by atoms with Crippen LogP contribution in [0.2, 0.25) is 10.0 Å². The van der Waals surface area contributed by atoms with E-state index >= 15 is 0 Å². The second-order valence-corrected chi connectivity index (χ2v) is 7.23. The number of fused-ring (bicyclic) bond motifs is 1. The Kier molecular flexibility index (Phi) is 5.46. The van der Waals surface area contributed by atoms with Crippen molar-refractivity contribution in [2.45, 2.75) is 18.7 Å². The summed E-state index contributed by atoms with van der Waals surface area (Å²) >= 11 is 13.5. The molecule has 9 heteroatoms. The van der Waals surface area contributed by atoms with Crippen LogP contribution in [0.25, 0.3) is 5.78 Å². The molecule has 0 N–H and O–H groups in total. The quantitative estimate of drug-likeness (QED) is 0.368. The van der Waals surface area contributed by atoms with E-state index in [0.29, 0.717) is 21.6 Å². The molecule has 25 heavy (non-hydrogen) atoms. The Morgan fingerprint density at radius 2 is 2.04 bits per heavy atom. The fraction of sp³-hybridized carbons (Fsp3) is 0.250. The fourth-order valence-corrected chi connectivity index (χ4v) is 3.51. The van der Waals surface area contributed by atoms with Gasteiger partial charge in [-0.2, -0.15) is 4.98 Å². The number of halogens is 2. The number of thioether (sulfide) groups is 1. The zero-order valence-corrected chi connectivity index (χ0v) is 15.8. The van der Waals surface area contributed by atoms with Crippen LogP contribution in [-0.4, -0.2) is 37.9 Å². The van der Waals surface area contributed by atoms with Crippen molar-refractivity contribution in [3.8, 4) is 0 Å². The largest absolute Gasteiger partial charge is 0.459 e. The zero-order chi connectivity index (χ0) is 18.0. The molecule has 0 atom stereocenters. The van der Waals surface area contributed by atoms with Gasteiger partial charge in [0.15, 0.2) is 0 Å². The fourth-order valence-electron chi connectivity index (χ4n) is 2.19. The molecule has 0 fully saturated rings. The summed E-state index contributed by atoms with van der Waals surface area (Å²) in [6.07, 6.45) is 0. The molecule has 130 valence electrons. The van der Waals surface area contributed by atoms with Crippen LogP contribution in [0.3, 0.4) is 0 Å². The van der Waals surface area contributed by atoms with E-state index in [2.05, 4.69) is 15.1 Å². The number of carbonyl (C=O) groups excluding carboxylic acids is 1. The SMILES string of the molecule is Cc1cc(C)n2nc(C(=O)OCCSc3cc(Cl)ccc3Cl)nc2n1. The highest BCUT2D eigenvalue weighted by atomic mass is 35.5. The van der Waals surface area contributed by atoms with E-state index < -0.39 is 5.97 Å². The third-order valence-electron chi connectivity index (χ3n) is 3.27. The van der Waals surface area contributed by atoms with Crippen molar-refractivity contribution >= 4 is 46.7 Å². The van der Waals surface area contributed by atoms with E-state index in [1.807, 2.05) is 19.9 Å². The number of carbonyl (C=O) groups is 1. The summed E-state index contributed by atoms with van der Waals surface area (Å²) in [4.78, 5) is 21.3. The molecule has 0 unspecified atom stereocenters. The number of aryl methyl sites for hydroxylation is 2. The van der Waals surface area contributed by atoms with Gasteiger partial charge in [-0.15, -0.1) is 16.9 Å². The smallest absolute Gasteiger partial charge is 0.378 e. The van der Waals surface area contributed by atoms with Gasteiger partial charge in [-0.1, -0.05) is 23.2 Å². The summed E-state index contributed by atoms with van der Waals surface area (Å²) in [6.45, 7) is 3.93. The van der Waals surface area contributed by atoms with Crippen LogP contribution in [0, 0.1) is 13.8 Å². The van der Waals surface area contributed by atoms with Gasteiger partial charge in [-0.25, -0.2) is 14.3 Å². The molecule has 3 aromatic rings. The summed E-state index contributed by atoms with van der Waals surface area (Å²) in [5.41, 5.74) is 1.66. The van der Waals surface area contributed by atoms with Gasteiger partial charge in [0.25, 0.3) is 11.6 Å². The van der Waals surface area contributed by atoms with Crippen LogP contribution in [0.4, 0.5) is 0 Å². The molecule has 0 saturated carbocycles. The first kappa shape index (κ1) is 18.0. The molecule has 0 saturated heterocycles. The lowest BCUT2D eigenvalue weighted by Gasteiger charge is -2.05. The van der Waals surface area contributed by atoms with E-state index in [0.717, 1.165) is 16.3 Å². The minimum Gasteiger partial charge on any atom is -0.459 e. The third-order valence-corrected chi connectivity index (χ3v) is 4.96. The minimum atomic E-state index is -0.583. The Morgan fingerprint density at radius 3 is 2.84 bits per heavy atom. The number of nitrogens with zero attached hydrogens (tertiary/aromatic N) is 4. The maximum absolute atomic E-state index is 12.1. The molecule has 0 bridgehead atoms. The van der Waals surface area contributed by atoms with E-state index in [4.69, 9.17) is 27.9 Å². The second-order valence-electron chi connectivity index (χ2n) is 5.25. The normalized spacial score (nSPS) is 11.0. The Bertz CT molecular complexity index is 945. The molecule has 2 heterocycles. The van der Waals surface area contributed by atoms with Gasteiger partial charge in [0, 0.05) is 27.1 Å². The first-order valence-electron chi connectivity index (χ1n) is 7.40. The molecule has 2 aromatic heterocycles. The van der Waals surface area contributed by atoms with Crippen LogP contribution >= 0.6 is 35.0 Å². The maximum Gasteiger partial charge on any atom is 0.378 e. The van der Waals surface area contributed by atoms with Crippen molar-refractivity contribution in [2.24, 2.45) is 0 Å². The van der Waals surface area contributed by atoms with Crippen molar-refractivity contribution in [1.82, 2.24) is 19.6 Å². The number of aromatic nitrogens is 4. The number of ether oxygens (including phenoxy) is 1. The minimum absolute atomic E-state index is 0.00742. The molecule has 0 spiro atoms. The second kappa shape index (κ2) is 7.59. The maximum atomic E-state index is 12.1. The van der Waals surface area contributed by atoms with Crippen LogP contribution < -0.4 is 0 Å². The average Bonchev–Trinajstić information content (AvgIpc) is 2.99. The van der Waals surface area contributed by atoms with Crippen molar-refractivity contribution < 1.29 is 9.53 Å². The van der Waals surface area contributed by atoms with Gasteiger partial charge in [0.05, 0.1) is 5.02 Å². The molecular formula is C16H14Cl2N4O2S. The lowest BCUT2D eigenvalue weighted by molar-refractivity contribution is 0.0516. The number of rotatable bonds is 5. The lowest BCUT2D eigenvalue weighted by atomic mass is 10.4. The highest BCUT2D eigenvalue weighted by Crippen LogP contribution is 2.29. The molecular weight excluding hydrogens is 383 g/mol. The van der Waals surface area contributed by atoms with Gasteiger partial charge in [0.2, 0.25) is 0 Å². The number of hydrogen-bond acceptors (Lipinski definition) is 6. The van der Waals surface area contributed by atoms with E-state index in [1.165, 1.54) is 16.3 Å². The van der Waals surface area contributed by atoms with E-state index in [9.17, 15) is 4.79 Å². The van der Waals surface area contributed by atoms with Crippen LogP contribution in [0.15, 0.2) is 29.2 Å². The van der Waals surface area contributed by atoms with Gasteiger partial charge in [-0.05, 0) is 38.1 Å². The monoisotopic (exact) mass is 396 g/mol. The Balaban J connectivity index is 1.59. The van der Waals surface area contributed by atoms with E-state index in [1.54, 1.807) is 18.2 Å². The summed E-state index contributed by atoms with van der Waals surface area (Å²) in [5.74, 6) is 0.326. The molecule has 0 aliphatic carbocycles. The molecule has 6 nitrogen and oxygen atoms in total. The predicted octanol–water partition coefficient (Wildman–Crippen LogP) is 4.00. The summed E-state index contributed by atoms with van der Waals surface area (Å²) < 4.78 is 6.74. The highest BCUT2D eigenvalue weighted by Gasteiger charge is 2.16. The van der Waals surface area contributed by atoms with Gasteiger partial charge >= 0.3 is 5.97 Å². The Hall–Kier alpha value is -1.83. The zero-order valence-electron chi connectivity index (χ0n) is 13.5. The van der Waals surface area contributed by atoms with Crippen LogP contribution in [0.1, 0.15) is 22.0 Å². The Labute approximate surface area is 158 Å². The predicted molar refractivity (Wildman–Crippen MR) is 97.7 cm³/mol. The Morgan fingerprint density at radius 1 is 1.24 bits per heavy atom. The van der Waals surface area contributed by atoms with Crippen LogP contribution in [0.5, 0.6) is 0 Å². The number of hydrogen-bond donors (Lipinski definition) is 0.